The van der Waals surface area contributed by atoms with Gasteiger partial charge in [-0.2, -0.15) is 0 Å². The fraction of sp³-hybridized carbons (Fsp3) is 0.167. The number of anilines is 1. The highest BCUT2D eigenvalue weighted by Crippen LogP contribution is 2.43. The van der Waals surface area contributed by atoms with Crippen LogP contribution in [-0.4, -0.2) is 155 Å². The zero-order valence-electron chi connectivity index (χ0n) is 75.8. The summed E-state index contributed by atoms with van der Waals surface area (Å²) in [6.07, 6.45) is 57.1. The monoisotopic (exact) mass is 1780 g/mol. The number of nitrogens with one attached hydrogen (secondary N) is 3. The number of hydrogen-bond acceptors (Lipinski definition) is 16. The first-order valence-electron chi connectivity index (χ1n) is 44.0. The Morgan fingerprint density at radius 3 is 1.39 bits per heavy atom. The molecule has 9 aliphatic rings. The molecule has 4 N–H and O–H groups in total. The predicted molar refractivity (Wildman–Crippen MR) is 520 cm³/mol. The van der Waals surface area contributed by atoms with Gasteiger partial charge in [-0.25, -0.2) is 53.2 Å². The molecular formula is C108H98N16O10+4. The van der Waals surface area contributed by atoms with Gasteiger partial charge in [0.15, 0.2) is 49.6 Å². The number of aliphatic hydroxyl groups excluding tert-OH is 1. The number of fused-ring (bicyclic) bond motifs is 12. The molecule has 3 aromatic carbocycles. The van der Waals surface area contributed by atoms with Crippen molar-refractivity contribution in [1.29, 1.82) is 0 Å². The van der Waals surface area contributed by atoms with E-state index in [1.807, 2.05) is 223 Å². The summed E-state index contributed by atoms with van der Waals surface area (Å²) in [6.45, 7) is 1.91. The number of aromatic nitrogens is 8. The number of nitrogens with zero attached hydrogens (tertiary/aromatic N) is 13. The Hall–Kier alpha value is -16.3. The first-order chi connectivity index (χ1) is 65.5. The molecule has 0 saturated heterocycles. The Morgan fingerprint density at radius 1 is 0.410 bits per heavy atom. The summed E-state index contributed by atoms with van der Waals surface area (Å²) < 4.78 is 56.0. The first kappa shape index (κ1) is 87.1. The van der Waals surface area contributed by atoms with Crippen molar-refractivity contribution in [1.82, 2.24) is 29.7 Å². The number of benzene rings is 3. The third kappa shape index (κ3) is 18.2. The average Bonchev–Trinajstić information content (AvgIpc) is 1.62. The van der Waals surface area contributed by atoms with Crippen molar-refractivity contribution >= 4 is 126 Å². The number of aliphatic hydroxyl groups is 1. The Kier molecular flexibility index (Phi) is 25.0. The number of amides is 1. The lowest BCUT2D eigenvalue weighted by atomic mass is 9.96. The second kappa shape index (κ2) is 38.4. The van der Waals surface area contributed by atoms with Gasteiger partial charge in [-0.1, -0.05) is 36.4 Å². The van der Waals surface area contributed by atoms with Gasteiger partial charge in [0.2, 0.25) is 28.7 Å². The van der Waals surface area contributed by atoms with E-state index >= 15 is 4.79 Å². The van der Waals surface area contributed by atoms with Crippen molar-refractivity contribution in [2.75, 3.05) is 101 Å². The highest BCUT2D eigenvalue weighted by atomic mass is 16.5. The molecule has 16 bridgehead atoms. The molecule has 26 nitrogen and oxygen atoms in total. The lowest BCUT2D eigenvalue weighted by Crippen LogP contribution is -2.71. The minimum atomic E-state index is -0.607. The van der Waals surface area contributed by atoms with Gasteiger partial charge >= 0.3 is 0 Å². The number of pyridine rings is 4. The number of ether oxygens (including phenoxy) is 8. The smallest absolute Gasteiger partial charge is 0.259 e. The Bertz CT molecular complexity index is 7390. The van der Waals surface area contributed by atoms with Gasteiger partial charge in [-0.15, -0.1) is 22.1 Å². The van der Waals surface area contributed by atoms with Crippen molar-refractivity contribution < 1.29 is 76.0 Å². The number of methoxy groups -OCH3 is 4. The fourth-order valence-corrected chi connectivity index (χ4v) is 17.0. The van der Waals surface area contributed by atoms with Crippen LogP contribution in [0.3, 0.4) is 0 Å². The van der Waals surface area contributed by atoms with Crippen LogP contribution in [0.5, 0.6) is 23.0 Å². The van der Waals surface area contributed by atoms with E-state index < -0.39 is 11.8 Å². The number of carbonyl (C=O) groups is 1. The summed E-state index contributed by atoms with van der Waals surface area (Å²) in [6, 6.07) is 39.0. The van der Waals surface area contributed by atoms with Crippen molar-refractivity contribution in [3.05, 3.63) is 358 Å². The molecular weight excluding hydrogens is 1680 g/mol. The van der Waals surface area contributed by atoms with Crippen LogP contribution in [0.25, 0.3) is 102 Å². The Morgan fingerprint density at radius 2 is 0.851 bits per heavy atom. The van der Waals surface area contributed by atoms with Gasteiger partial charge < -0.3 is 68.1 Å². The maximum Gasteiger partial charge on any atom is 0.259 e. The maximum atomic E-state index is 16.1. The van der Waals surface area contributed by atoms with Crippen molar-refractivity contribution in [3.63, 3.8) is 0 Å². The van der Waals surface area contributed by atoms with Crippen LogP contribution in [0.15, 0.2) is 306 Å². The minimum Gasteiger partial charge on any atom is -0.657 e. The Balaban J connectivity index is 0.758. The van der Waals surface area contributed by atoms with Gasteiger partial charge in [0.05, 0.1) is 127 Å². The van der Waals surface area contributed by atoms with E-state index in [-0.39, 0.29) is 71.9 Å². The molecule has 0 saturated carbocycles. The van der Waals surface area contributed by atoms with E-state index in [0.717, 1.165) is 100 Å². The van der Waals surface area contributed by atoms with Crippen LogP contribution < -0.4 is 72.9 Å². The number of hydrogen-bond donors (Lipinski definition) is 4. The van der Waals surface area contributed by atoms with E-state index in [4.69, 9.17) is 72.8 Å². The van der Waals surface area contributed by atoms with E-state index in [9.17, 15) is 5.11 Å². The number of carbonyl (C=O) groups excluding carboxylic acids is 1. The summed E-state index contributed by atoms with van der Waals surface area (Å²) >= 11 is 0. The van der Waals surface area contributed by atoms with E-state index in [2.05, 4.69) is 125 Å². The standard InChI is InChI=1S/C108H94N16O10/c1-119-43-31-67(32-44-119)99-77-13-17-81(109-77)101(69-35-47-121(3)48-36-69)85-21-25-89(113-85)105(90-26-22-86(114-90)102(82-18-14-78(99)110-82)70-37-49-122(4)50-38-70)73-11-29-95(133-61-59-131-57-55-127-7)75(63-73)107(125)117-93-65-94(98(130-10)66-97(93)129-9)118-108(126)76-64-74(12-30-96(76)134-62-60-132-58-56-128-8)106-91-27-23-87(115-91)103(71-39-51-123(5)52-40-71)83-19-15-79(111-83)100(68-33-45-120(2)46-34-68)80-16-20-84(112-80)104(88-24-28-92(106)116-88)72-41-53-124(6)54-42-72/h11-54,63-66H,55-62H2,1-10H3/p+4. The molecule has 666 valence electrons. The number of aryl methyl sites for hydroxylation is 4. The van der Waals surface area contributed by atoms with Gasteiger partial charge in [0.25, 0.3) is 5.91 Å². The number of aliphatic imine (C=N–C) groups is 3. The molecule has 0 fully saturated rings. The molecule has 19 rings (SSSR count). The second-order valence-electron chi connectivity index (χ2n) is 32.8. The summed E-state index contributed by atoms with van der Waals surface area (Å²) in [7, 11) is 18.2. The predicted octanol–water partition coefficient (Wildman–Crippen LogP) is 9.95. The minimum absolute atomic E-state index is 0.0654. The molecule has 26 heteroatoms. The number of rotatable bonds is 26. The van der Waals surface area contributed by atoms with Crippen LogP contribution in [-0.2, 0) is 47.1 Å². The van der Waals surface area contributed by atoms with Gasteiger partial charge in [0.1, 0.15) is 75.7 Å². The van der Waals surface area contributed by atoms with Crippen LogP contribution in [0.1, 0.15) is 61.0 Å². The zero-order valence-corrected chi connectivity index (χ0v) is 75.8. The SMILES string of the molecule is COCCOCCOc1ccc(-c2c3nc(c(=C4C=CN(C)C=C4)c4nc(c(-c5cc[n+](C)cc5)c5ccc([n-]5)c(=C5C=CN(C)C=C5)c5ccc2[n-]5)C=C4)C=C3)cc1C(=O)Nc1cc(N=C(O)c2cc(C3=C4C=CC(=N4)C(c4cc[n+](C)cc4)=C4C=CC(=[NH+]4)C(c4cc[n+](C)cc4)=C4C=CC(=[NH+]4)C(c4cc[n+](C)cc4)=C4C=CC3=N4)ccc2OCCOCCOC)c(OC)cc1OC. The molecule has 7 aromatic heterocycles. The molecule has 16 heterocycles. The lowest BCUT2D eigenvalue weighted by Gasteiger charge is -2.18. The highest BCUT2D eigenvalue weighted by Gasteiger charge is 2.35. The molecule has 0 radical (unpaired) electrons. The van der Waals surface area contributed by atoms with Crippen molar-refractivity contribution in [3.8, 4) is 45.3 Å². The summed E-state index contributed by atoms with van der Waals surface area (Å²) in [5, 5.41) is 18.0. The second-order valence-corrected chi connectivity index (χ2v) is 32.8. The molecule has 1 amide bonds. The van der Waals surface area contributed by atoms with Crippen LogP contribution in [0.2, 0.25) is 0 Å². The van der Waals surface area contributed by atoms with Crippen molar-refractivity contribution in [2.24, 2.45) is 43.2 Å². The van der Waals surface area contributed by atoms with Gasteiger partial charge in [-0.05, 0) is 147 Å². The van der Waals surface area contributed by atoms with E-state index in [1.165, 1.54) is 14.2 Å². The molecule has 10 aromatic rings. The summed E-state index contributed by atoms with van der Waals surface area (Å²) in [5.41, 5.74) is 23.4. The van der Waals surface area contributed by atoms with E-state index in [1.54, 1.807) is 44.6 Å². The zero-order chi connectivity index (χ0) is 92.0. The molecule has 9 aliphatic heterocycles. The lowest BCUT2D eigenvalue weighted by molar-refractivity contribution is -0.671. The largest absolute Gasteiger partial charge is 0.657 e. The molecule has 0 atom stereocenters. The molecule has 0 unspecified atom stereocenters. The van der Waals surface area contributed by atoms with Gasteiger partial charge in [-0.3, -0.25) is 4.79 Å². The molecule has 134 heavy (non-hydrogen) atoms. The van der Waals surface area contributed by atoms with Crippen LogP contribution in [0, 0.1) is 0 Å². The van der Waals surface area contributed by atoms with Gasteiger partial charge in [0, 0.05) is 159 Å². The third-order valence-electron chi connectivity index (χ3n) is 23.8. The molecule has 0 aliphatic carbocycles. The Labute approximate surface area is 774 Å². The normalized spacial score (nSPS) is 15.3. The van der Waals surface area contributed by atoms with Crippen molar-refractivity contribution in [2.45, 2.75) is 0 Å². The fourth-order valence-electron chi connectivity index (χ4n) is 17.0. The topological polar surface area (TPSA) is 264 Å². The van der Waals surface area contributed by atoms with E-state index in [0.29, 0.717) is 105 Å². The summed E-state index contributed by atoms with van der Waals surface area (Å²) in [5.74, 6) is -0.200. The number of allylic oxidation sites excluding steroid dienone is 16. The quantitative estimate of drug-likeness (QED) is 0.0170. The molecule has 0 spiro atoms. The van der Waals surface area contributed by atoms with Crippen LogP contribution in [0.4, 0.5) is 11.4 Å². The maximum absolute atomic E-state index is 16.1. The third-order valence-corrected chi connectivity index (χ3v) is 23.8. The first-order valence-corrected chi connectivity index (χ1v) is 44.0. The van der Waals surface area contributed by atoms with Crippen LogP contribution >= 0.6 is 0 Å². The highest BCUT2D eigenvalue weighted by molar-refractivity contribution is 6.38. The summed E-state index contributed by atoms with van der Waals surface area (Å²) in [4.78, 5) is 66.2. The average molecular weight is 1780 g/mol.